The van der Waals surface area contributed by atoms with Gasteiger partial charge in [0, 0.05) is 25.3 Å². The zero-order chi connectivity index (χ0) is 20.7. The van der Waals surface area contributed by atoms with Crippen LogP contribution in [0.1, 0.15) is 47.9 Å². The predicted molar refractivity (Wildman–Crippen MR) is 117 cm³/mol. The molecule has 0 radical (unpaired) electrons. The van der Waals surface area contributed by atoms with Crippen molar-refractivity contribution in [3.8, 4) is 0 Å². The van der Waals surface area contributed by atoms with Crippen LogP contribution in [0.25, 0.3) is 0 Å². The van der Waals surface area contributed by atoms with E-state index >= 15 is 0 Å². The number of benzene rings is 1. The summed E-state index contributed by atoms with van der Waals surface area (Å²) in [6, 6.07) is 1.64. The molecule has 2 heterocycles. The number of nitrogens with one attached hydrogen (secondary N) is 2. The molecule has 30 heavy (non-hydrogen) atoms. The first-order valence-electron chi connectivity index (χ1n) is 11.2. The second kappa shape index (κ2) is 7.98. The Morgan fingerprint density at radius 2 is 1.60 bits per heavy atom. The number of likely N-dealkylation sites (tertiary alicyclic amines) is 1. The molecule has 2 aliphatic carbocycles. The molecule has 5 rings (SSSR count). The Balaban J connectivity index is 1.21. The molecule has 0 unspecified atom stereocenters. The van der Waals surface area contributed by atoms with Crippen molar-refractivity contribution >= 4 is 21.9 Å². The molecule has 2 fully saturated rings. The maximum absolute atomic E-state index is 12.6. The van der Waals surface area contributed by atoms with Gasteiger partial charge in [-0.05, 0) is 92.3 Å². The molecule has 0 bridgehead atoms. The molecule has 2 aliphatic heterocycles. The fourth-order valence-electron chi connectivity index (χ4n) is 5.22. The van der Waals surface area contributed by atoms with Crippen LogP contribution in [0.5, 0.6) is 0 Å². The molecule has 2 amide bonds. The summed E-state index contributed by atoms with van der Waals surface area (Å²) in [5.74, 6) is 0. The quantitative estimate of drug-likeness (QED) is 0.703. The van der Waals surface area contributed by atoms with Gasteiger partial charge in [-0.1, -0.05) is 12.1 Å². The summed E-state index contributed by atoms with van der Waals surface area (Å²) in [5, 5.41) is 2.90. The van der Waals surface area contributed by atoms with Crippen molar-refractivity contribution in [1.29, 1.82) is 0 Å². The molecule has 0 aromatic heterocycles. The Morgan fingerprint density at radius 3 is 2.23 bits per heavy atom. The largest absolute Gasteiger partial charge is 0.333 e. The highest BCUT2D eigenvalue weighted by atomic mass is 32.2. The van der Waals surface area contributed by atoms with Crippen LogP contribution in [-0.4, -0.2) is 56.4 Å². The second-order valence-electron chi connectivity index (χ2n) is 8.93. The van der Waals surface area contributed by atoms with Crippen molar-refractivity contribution < 1.29 is 13.2 Å². The van der Waals surface area contributed by atoms with Crippen LogP contribution < -0.4 is 10.0 Å². The molecule has 0 saturated carbocycles. The summed E-state index contributed by atoms with van der Waals surface area (Å²) >= 11 is 0. The van der Waals surface area contributed by atoms with Crippen LogP contribution in [0.4, 0.5) is 10.5 Å². The van der Waals surface area contributed by atoms with Crippen LogP contribution in [0, 0.1) is 0 Å². The summed E-state index contributed by atoms with van der Waals surface area (Å²) in [6.45, 7) is 3.88. The average molecular weight is 431 g/mol. The van der Waals surface area contributed by atoms with Crippen LogP contribution in [0.3, 0.4) is 0 Å². The molecular formula is C22H30N4O3S. The van der Waals surface area contributed by atoms with Gasteiger partial charge >= 0.3 is 16.2 Å². The van der Waals surface area contributed by atoms with E-state index in [-0.39, 0.29) is 0 Å². The van der Waals surface area contributed by atoms with E-state index in [1.165, 1.54) is 39.4 Å². The second-order valence-corrected chi connectivity index (χ2v) is 10.6. The Bertz CT molecular complexity index is 956. The lowest BCUT2D eigenvalue weighted by Gasteiger charge is -2.33. The molecule has 0 atom stereocenters. The third-order valence-corrected chi connectivity index (χ3v) is 8.25. The molecule has 1 aromatic rings. The first kappa shape index (κ1) is 20.0. The van der Waals surface area contributed by atoms with Gasteiger partial charge in [0.1, 0.15) is 0 Å². The molecule has 1 aromatic carbocycles. The van der Waals surface area contributed by atoms with Gasteiger partial charge in [-0.2, -0.15) is 12.7 Å². The van der Waals surface area contributed by atoms with Crippen molar-refractivity contribution in [1.82, 2.24) is 13.9 Å². The van der Waals surface area contributed by atoms with E-state index in [1.807, 2.05) is 0 Å². The Labute approximate surface area is 178 Å². The number of carbonyl (C=O) groups is 1. The first-order valence-corrected chi connectivity index (χ1v) is 12.6. The number of urea groups is 1. The minimum Gasteiger partial charge on any atom is -0.307 e. The van der Waals surface area contributed by atoms with Crippen LogP contribution in [0.15, 0.2) is 17.7 Å². The fourth-order valence-corrected chi connectivity index (χ4v) is 6.30. The van der Waals surface area contributed by atoms with Crippen molar-refractivity contribution in [2.45, 2.75) is 51.4 Å². The van der Waals surface area contributed by atoms with Gasteiger partial charge < -0.3 is 5.32 Å². The Morgan fingerprint density at radius 1 is 0.967 bits per heavy atom. The maximum Gasteiger partial charge on any atom is 0.333 e. The lowest BCUT2D eigenvalue weighted by molar-refractivity contribution is 0.255. The molecule has 7 nitrogen and oxygen atoms in total. The molecule has 4 aliphatic rings. The normalized spacial score (nSPS) is 21.3. The highest BCUT2D eigenvalue weighted by molar-refractivity contribution is 7.87. The highest BCUT2D eigenvalue weighted by Crippen LogP contribution is 2.38. The number of rotatable bonds is 5. The summed E-state index contributed by atoms with van der Waals surface area (Å²) < 4.78 is 28.7. The van der Waals surface area contributed by atoms with Crippen LogP contribution >= 0.6 is 0 Å². The lowest BCUT2D eigenvalue weighted by atomic mass is 9.99. The highest BCUT2D eigenvalue weighted by Gasteiger charge is 2.33. The number of fused-ring (bicyclic) bond motifs is 2. The Kier molecular flexibility index (Phi) is 5.33. The molecule has 0 spiro atoms. The number of hydrogen-bond donors (Lipinski definition) is 2. The van der Waals surface area contributed by atoms with Gasteiger partial charge in [-0.15, -0.1) is 0 Å². The number of aryl methyl sites for hydroxylation is 2. The smallest absolute Gasteiger partial charge is 0.307 e. The monoisotopic (exact) mass is 430 g/mol. The zero-order valence-electron chi connectivity index (χ0n) is 17.4. The zero-order valence-corrected chi connectivity index (χ0v) is 18.2. The van der Waals surface area contributed by atoms with E-state index in [0.29, 0.717) is 13.1 Å². The van der Waals surface area contributed by atoms with E-state index in [4.69, 9.17) is 0 Å². The molecule has 2 N–H and O–H groups in total. The van der Waals surface area contributed by atoms with Crippen LogP contribution in [0.2, 0.25) is 0 Å². The van der Waals surface area contributed by atoms with E-state index in [2.05, 4.69) is 27.1 Å². The minimum absolute atomic E-state index is 0.368. The fraction of sp³-hybridized carbons (Fsp3) is 0.591. The number of amides is 2. The van der Waals surface area contributed by atoms with Crippen molar-refractivity contribution in [2.24, 2.45) is 0 Å². The topological polar surface area (TPSA) is 81.8 Å². The van der Waals surface area contributed by atoms with Crippen molar-refractivity contribution in [2.75, 3.05) is 38.0 Å². The summed E-state index contributed by atoms with van der Waals surface area (Å²) in [5.41, 5.74) is 6.98. The van der Waals surface area contributed by atoms with Gasteiger partial charge in [-0.25, -0.2) is 9.52 Å². The first-order chi connectivity index (χ1) is 14.5. The number of hydrogen-bond acceptors (Lipinski definition) is 4. The summed E-state index contributed by atoms with van der Waals surface area (Å²) in [7, 11) is -3.82. The van der Waals surface area contributed by atoms with E-state index in [0.717, 1.165) is 69.4 Å². The van der Waals surface area contributed by atoms with Crippen molar-refractivity contribution in [3.05, 3.63) is 40.0 Å². The molecule has 2 saturated heterocycles. The maximum atomic E-state index is 12.6. The molecule has 8 heteroatoms. The van der Waals surface area contributed by atoms with Gasteiger partial charge in [-0.3, -0.25) is 4.90 Å². The summed E-state index contributed by atoms with van der Waals surface area (Å²) in [6.07, 6.45) is 10.8. The predicted octanol–water partition coefficient (Wildman–Crippen LogP) is 2.37. The SMILES string of the molecule is O=C(Nc1c2c(cc3c1CCC3)CCC2)NS(=O)(=O)N1CC(=CCN2CCCC2)C1. The van der Waals surface area contributed by atoms with Crippen molar-refractivity contribution in [3.63, 3.8) is 0 Å². The minimum atomic E-state index is -3.82. The standard InChI is InChI=1S/C22H30N4O3S/c27-22(23-21-19-7-3-5-17(19)13-18-6-4-8-20(18)21)24-30(28,29)26-14-16(15-26)9-12-25-10-1-2-11-25/h9,13H,1-8,10-12,14-15H2,(H2,23,24,27). The van der Waals surface area contributed by atoms with E-state index < -0.39 is 16.2 Å². The number of carbonyl (C=O) groups excluding carboxylic acids is 1. The van der Waals surface area contributed by atoms with Gasteiger partial charge in [0.05, 0.1) is 0 Å². The molecule has 162 valence electrons. The van der Waals surface area contributed by atoms with Gasteiger partial charge in [0.15, 0.2) is 0 Å². The Hall–Kier alpha value is -1.90. The third kappa shape index (κ3) is 3.88. The van der Waals surface area contributed by atoms with E-state index in [9.17, 15) is 13.2 Å². The number of nitrogens with zero attached hydrogens (tertiary/aromatic N) is 2. The summed E-state index contributed by atoms with van der Waals surface area (Å²) in [4.78, 5) is 15.0. The van der Waals surface area contributed by atoms with Gasteiger partial charge in [0.2, 0.25) is 0 Å². The number of anilines is 1. The lowest BCUT2D eigenvalue weighted by Crippen LogP contribution is -2.52. The third-order valence-electron chi connectivity index (χ3n) is 6.87. The molecular weight excluding hydrogens is 400 g/mol. The van der Waals surface area contributed by atoms with Gasteiger partial charge in [0.25, 0.3) is 0 Å². The average Bonchev–Trinajstić information content (AvgIpc) is 3.40. The van der Waals surface area contributed by atoms with E-state index in [1.54, 1.807) is 0 Å². The van der Waals surface area contributed by atoms with Crippen LogP contribution in [-0.2, 0) is 35.9 Å².